The molecule has 1 aromatic carbocycles. The smallest absolute Gasteiger partial charge is 0.330 e. The van der Waals surface area contributed by atoms with Gasteiger partial charge in [-0.25, -0.2) is 0 Å². The van der Waals surface area contributed by atoms with Gasteiger partial charge in [-0.05, 0) is 30.7 Å². The van der Waals surface area contributed by atoms with Crippen molar-refractivity contribution in [3.05, 3.63) is 35.4 Å². The van der Waals surface area contributed by atoms with Gasteiger partial charge in [-0.1, -0.05) is 12.1 Å². The highest BCUT2D eigenvalue weighted by atomic mass is 79.9. The molecule has 80 valence electrons. The van der Waals surface area contributed by atoms with Crippen molar-refractivity contribution in [2.75, 3.05) is 6.54 Å². The fraction of sp³-hybridized carbons (Fsp3) is 0.333. The summed E-state index contributed by atoms with van der Waals surface area (Å²) < 4.78 is 36.2. The van der Waals surface area contributed by atoms with Crippen molar-refractivity contribution in [2.24, 2.45) is 5.73 Å². The lowest BCUT2D eigenvalue weighted by Crippen LogP contribution is -2.06. The standard InChI is InChI=1S/C9H10F3N.BrH/c10-9(11,12)8-3-1-7(2-4-8)5-6-13;/h1-4H,5-6,13H2;1H. The largest absolute Gasteiger partial charge is 0.416 e. The Hall–Kier alpha value is -0.550. The molecule has 0 aliphatic heterocycles. The van der Waals surface area contributed by atoms with Gasteiger partial charge >= 0.3 is 6.18 Å². The summed E-state index contributed by atoms with van der Waals surface area (Å²) >= 11 is 0. The van der Waals surface area contributed by atoms with Gasteiger partial charge in [0.1, 0.15) is 0 Å². The summed E-state index contributed by atoms with van der Waals surface area (Å²) in [6.45, 7) is 0.450. The maximum atomic E-state index is 12.1. The molecule has 0 bridgehead atoms. The van der Waals surface area contributed by atoms with Crippen molar-refractivity contribution in [3.8, 4) is 0 Å². The third-order valence-corrected chi connectivity index (χ3v) is 1.71. The van der Waals surface area contributed by atoms with Crippen LogP contribution >= 0.6 is 17.0 Å². The molecule has 1 nitrogen and oxygen atoms in total. The highest BCUT2D eigenvalue weighted by Crippen LogP contribution is 2.28. The molecular formula is C9H11BrF3N. The number of nitrogens with two attached hydrogens (primary N) is 1. The Morgan fingerprint density at radius 1 is 1.07 bits per heavy atom. The first-order valence-electron chi connectivity index (χ1n) is 3.90. The Kier molecular flexibility index (Phi) is 5.15. The van der Waals surface area contributed by atoms with Crippen LogP contribution in [0.2, 0.25) is 0 Å². The van der Waals surface area contributed by atoms with Crippen LogP contribution in [0.5, 0.6) is 0 Å². The first kappa shape index (κ1) is 13.4. The minimum atomic E-state index is -4.25. The predicted octanol–water partition coefficient (Wildman–Crippen LogP) is 2.78. The molecule has 0 aliphatic rings. The van der Waals surface area contributed by atoms with Gasteiger partial charge in [0, 0.05) is 0 Å². The summed E-state index contributed by atoms with van der Waals surface area (Å²) in [4.78, 5) is 0. The Bertz CT molecular complexity index is 268. The van der Waals surface area contributed by atoms with Crippen LogP contribution in [0.15, 0.2) is 24.3 Å². The van der Waals surface area contributed by atoms with Crippen LogP contribution < -0.4 is 5.73 Å². The minimum absolute atomic E-state index is 0. The van der Waals surface area contributed by atoms with E-state index in [4.69, 9.17) is 5.73 Å². The fourth-order valence-electron chi connectivity index (χ4n) is 1.03. The van der Waals surface area contributed by atoms with E-state index >= 15 is 0 Å². The Balaban J connectivity index is 0.00000169. The lowest BCUT2D eigenvalue weighted by molar-refractivity contribution is -0.137. The van der Waals surface area contributed by atoms with Crippen molar-refractivity contribution in [1.29, 1.82) is 0 Å². The molecule has 0 spiro atoms. The number of benzene rings is 1. The van der Waals surface area contributed by atoms with Crippen LogP contribution in [0.4, 0.5) is 13.2 Å². The van der Waals surface area contributed by atoms with Gasteiger partial charge in [0.25, 0.3) is 0 Å². The summed E-state index contributed by atoms with van der Waals surface area (Å²) in [5.41, 5.74) is 5.47. The second kappa shape index (κ2) is 5.36. The molecule has 1 rings (SSSR count). The maximum Gasteiger partial charge on any atom is 0.416 e. The Labute approximate surface area is 90.9 Å². The lowest BCUT2D eigenvalue weighted by atomic mass is 10.1. The van der Waals surface area contributed by atoms with E-state index in [1.807, 2.05) is 0 Å². The minimum Gasteiger partial charge on any atom is -0.330 e. The second-order valence-electron chi connectivity index (χ2n) is 2.73. The van der Waals surface area contributed by atoms with Gasteiger partial charge < -0.3 is 5.73 Å². The molecule has 1 aromatic rings. The van der Waals surface area contributed by atoms with Gasteiger partial charge in [0.05, 0.1) is 5.56 Å². The molecule has 0 aromatic heterocycles. The van der Waals surface area contributed by atoms with E-state index in [0.29, 0.717) is 13.0 Å². The summed E-state index contributed by atoms with van der Waals surface area (Å²) in [5, 5.41) is 0. The molecule has 0 amide bonds. The van der Waals surface area contributed by atoms with E-state index < -0.39 is 11.7 Å². The third-order valence-electron chi connectivity index (χ3n) is 1.71. The summed E-state index contributed by atoms with van der Waals surface area (Å²) in [6, 6.07) is 5.06. The number of halogens is 4. The van der Waals surface area contributed by atoms with E-state index in [9.17, 15) is 13.2 Å². The van der Waals surface area contributed by atoms with E-state index in [-0.39, 0.29) is 17.0 Å². The molecule has 0 saturated heterocycles. The zero-order valence-corrected chi connectivity index (χ0v) is 9.06. The molecular weight excluding hydrogens is 259 g/mol. The molecule has 14 heavy (non-hydrogen) atoms. The summed E-state index contributed by atoms with van der Waals surface area (Å²) in [7, 11) is 0. The summed E-state index contributed by atoms with van der Waals surface area (Å²) in [5.74, 6) is 0. The maximum absolute atomic E-state index is 12.1. The highest BCUT2D eigenvalue weighted by molar-refractivity contribution is 8.93. The lowest BCUT2D eigenvalue weighted by Gasteiger charge is -2.06. The fourth-order valence-corrected chi connectivity index (χ4v) is 1.03. The van der Waals surface area contributed by atoms with Crippen LogP contribution in [0.25, 0.3) is 0 Å². The van der Waals surface area contributed by atoms with E-state index in [0.717, 1.165) is 17.7 Å². The van der Waals surface area contributed by atoms with Gasteiger partial charge in [0.2, 0.25) is 0 Å². The molecule has 5 heteroatoms. The topological polar surface area (TPSA) is 26.0 Å². The summed E-state index contributed by atoms with van der Waals surface area (Å²) in [6.07, 6.45) is -3.64. The monoisotopic (exact) mass is 269 g/mol. The first-order valence-corrected chi connectivity index (χ1v) is 3.90. The van der Waals surface area contributed by atoms with Gasteiger partial charge in [-0.2, -0.15) is 13.2 Å². The number of hydrogen-bond acceptors (Lipinski definition) is 1. The number of rotatable bonds is 2. The first-order chi connectivity index (χ1) is 6.04. The van der Waals surface area contributed by atoms with Crippen LogP contribution in [-0.4, -0.2) is 6.54 Å². The van der Waals surface area contributed by atoms with Crippen LogP contribution in [0.1, 0.15) is 11.1 Å². The van der Waals surface area contributed by atoms with Gasteiger partial charge in [-0.15, -0.1) is 17.0 Å². The molecule has 0 aliphatic carbocycles. The van der Waals surface area contributed by atoms with Gasteiger partial charge in [0.15, 0.2) is 0 Å². The Morgan fingerprint density at radius 2 is 1.57 bits per heavy atom. The average Bonchev–Trinajstić information content (AvgIpc) is 2.04. The molecule has 2 N–H and O–H groups in total. The average molecular weight is 270 g/mol. The van der Waals surface area contributed by atoms with E-state index in [1.54, 1.807) is 0 Å². The molecule has 0 fully saturated rings. The van der Waals surface area contributed by atoms with Crippen molar-refractivity contribution in [3.63, 3.8) is 0 Å². The van der Waals surface area contributed by atoms with Crippen LogP contribution in [-0.2, 0) is 12.6 Å². The second-order valence-corrected chi connectivity index (χ2v) is 2.73. The van der Waals surface area contributed by atoms with Crippen LogP contribution in [0, 0.1) is 0 Å². The predicted molar refractivity (Wildman–Crippen MR) is 54.5 cm³/mol. The van der Waals surface area contributed by atoms with Gasteiger partial charge in [-0.3, -0.25) is 0 Å². The molecule has 0 saturated carbocycles. The number of alkyl halides is 3. The van der Waals surface area contributed by atoms with Crippen molar-refractivity contribution < 1.29 is 13.2 Å². The van der Waals surface area contributed by atoms with E-state index in [2.05, 4.69) is 0 Å². The SMILES string of the molecule is Br.NCCc1ccc(C(F)(F)F)cc1. The van der Waals surface area contributed by atoms with E-state index in [1.165, 1.54) is 12.1 Å². The molecule has 0 atom stereocenters. The quantitative estimate of drug-likeness (QED) is 0.878. The van der Waals surface area contributed by atoms with Crippen LogP contribution in [0.3, 0.4) is 0 Å². The molecule has 0 heterocycles. The molecule has 0 radical (unpaired) electrons. The zero-order valence-electron chi connectivity index (χ0n) is 7.34. The molecule has 0 unspecified atom stereocenters. The normalized spacial score (nSPS) is 10.9. The zero-order chi connectivity index (χ0) is 9.90. The highest BCUT2D eigenvalue weighted by Gasteiger charge is 2.29. The Morgan fingerprint density at radius 3 is 1.93 bits per heavy atom. The van der Waals surface area contributed by atoms with Crippen molar-refractivity contribution in [1.82, 2.24) is 0 Å². The number of hydrogen-bond donors (Lipinski definition) is 1. The van der Waals surface area contributed by atoms with Crippen molar-refractivity contribution in [2.45, 2.75) is 12.6 Å². The third kappa shape index (κ3) is 3.67. The van der Waals surface area contributed by atoms with Crippen molar-refractivity contribution >= 4 is 17.0 Å².